The maximum atomic E-state index is 10.6. The van der Waals surface area contributed by atoms with Gasteiger partial charge < -0.3 is 10.9 Å². The molecule has 0 bridgehead atoms. The fourth-order valence-electron chi connectivity index (χ4n) is 1.28. The summed E-state index contributed by atoms with van der Waals surface area (Å²) in [7, 11) is 0. The molecule has 10 heteroatoms. The minimum atomic E-state index is -0.684. The van der Waals surface area contributed by atoms with E-state index in [-0.39, 0.29) is 11.5 Å². The number of phenolic OH excluding ortho intramolecular Hbond substituents is 1. The summed E-state index contributed by atoms with van der Waals surface area (Å²) in [4.78, 5) is 9.94. The lowest BCUT2D eigenvalue weighted by Gasteiger charge is -2.00. The predicted molar refractivity (Wildman–Crippen MR) is 66.2 cm³/mol. The number of rotatable bonds is 4. The van der Waals surface area contributed by atoms with Gasteiger partial charge in [-0.25, -0.2) is 10.1 Å². The van der Waals surface area contributed by atoms with Crippen molar-refractivity contribution < 1.29 is 10.0 Å². The summed E-state index contributed by atoms with van der Waals surface area (Å²) in [6.45, 7) is 0. The number of nitrogens with two attached hydrogens (primary N) is 1. The molecular formula is C9H9N7O3. The number of anilines is 1. The summed E-state index contributed by atoms with van der Waals surface area (Å²) in [5.41, 5.74) is 2.26. The number of hydrogen-bond acceptors (Lipinski definition) is 8. The Balaban J connectivity index is 2.17. The number of hydrogen-bond donors (Lipinski definition) is 3. The molecule has 4 N–H and O–H groups in total. The van der Waals surface area contributed by atoms with Crippen molar-refractivity contribution in [2.45, 2.75) is 0 Å². The normalized spacial score (nSPS) is 10.7. The first-order valence-electron chi connectivity index (χ1n) is 5.00. The summed E-state index contributed by atoms with van der Waals surface area (Å²) in [5, 5.41) is 31.1. The molecule has 2 aromatic rings. The van der Waals surface area contributed by atoms with Crippen molar-refractivity contribution in [2.24, 2.45) is 5.10 Å². The van der Waals surface area contributed by atoms with Gasteiger partial charge in [-0.15, -0.1) is 10.2 Å². The summed E-state index contributed by atoms with van der Waals surface area (Å²) in [6, 6.07) is 4.10. The molecule has 0 atom stereocenters. The van der Waals surface area contributed by atoms with Crippen LogP contribution in [0.25, 0.3) is 0 Å². The zero-order valence-electron chi connectivity index (χ0n) is 9.46. The van der Waals surface area contributed by atoms with Crippen molar-refractivity contribution in [1.82, 2.24) is 14.9 Å². The second kappa shape index (κ2) is 5.00. The fraction of sp³-hybridized carbons (Fsp3) is 0. The number of benzene rings is 1. The third-order valence-electron chi connectivity index (χ3n) is 2.18. The van der Waals surface area contributed by atoms with Crippen LogP contribution < -0.4 is 11.3 Å². The quantitative estimate of drug-likeness (QED) is 0.306. The highest BCUT2D eigenvalue weighted by molar-refractivity contribution is 5.85. The van der Waals surface area contributed by atoms with Crippen molar-refractivity contribution in [3.8, 4) is 5.75 Å². The third kappa shape index (κ3) is 2.57. The molecule has 0 saturated heterocycles. The Labute approximate surface area is 106 Å². The van der Waals surface area contributed by atoms with E-state index in [2.05, 4.69) is 20.7 Å². The van der Waals surface area contributed by atoms with Gasteiger partial charge in [-0.3, -0.25) is 10.1 Å². The van der Waals surface area contributed by atoms with Crippen molar-refractivity contribution in [2.75, 3.05) is 11.3 Å². The Morgan fingerprint density at radius 3 is 3.00 bits per heavy atom. The number of para-hydroxylation sites is 1. The smallest absolute Gasteiger partial charge is 0.311 e. The van der Waals surface area contributed by atoms with E-state index in [0.717, 1.165) is 4.68 Å². The number of aromatic nitrogens is 3. The van der Waals surface area contributed by atoms with E-state index in [1.54, 1.807) is 0 Å². The van der Waals surface area contributed by atoms with Crippen LogP contribution in [-0.2, 0) is 0 Å². The van der Waals surface area contributed by atoms with Crippen molar-refractivity contribution in [3.63, 3.8) is 0 Å². The molecule has 2 rings (SSSR count). The molecule has 1 heterocycles. The van der Waals surface area contributed by atoms with Crippen LogP contribution in [0.1, 0.15) is 5.56 Å². The Morgan fingerprint density at radius 2 is 2.37 bits per heavy atom. The molecular weight excluding hydrogens is 254 g/mol. The van der Waals surface area contributed by atoms with Gasteiger partial charge in [0, 0.05) is 11.6 Å². The molecule has 19 heavy (non-hydrogen) atoms. The number of nitrogens with zero attached hydrogens (tertiary/aromatic N) is 5. The number of nitro groups is 1. The molecule has 0 unspecified atom stereocenters. The number of aromatic hydroxyl groups is 1. The van der Waals surface area contributed by atoms with Crippen LogP contribution in [-0.4, -0.2) is 31.1 Å². The molecule has 0 fully saturated rings. The van der Waals surface area contributed by atoms with E-state index < -0.39 is 16.4 Å². The van der Waals surface area contributed by atoms with Gasteiger partial charge >= 0.3 is 5.69 Å². The van der Waals surface area contributed by atoms with Gasteiger partial charge in [0.15, 0.2) is 0 Å². The maximum Gasteiger partial charge on any atom is 0.311 e. The van der Waals surface area contributed by atoms with Crippen LogP contribution in [0.2, 0.25) is 0 Å². The number of nitro benzene ring substituents is 1. The van der Waals surface area contributed by atoms with E-state index in [9.17, 15) is 15.2 Å². The Morgan fingerprint density at radius 1 is 1.58 bits per heavy atom. The highest BCUT2D eigenvalue weighted by Gasteiger charge is 2.14. The van der Waals surface area contributed by atoms with Crippen molar-refractivity contribution >= 4 is 17.9 Å². The van der Waals surface area contributed by atoms with Gasteiger partial charge in [0.1, 0.15) is 6.33 Å². The number of nitrogen functional groups attached to an aromatic ring is 1. The van der Waals surface area contributed by atoms with Gasteiger partial charge in [0.25, 0.3) is 5.95 Å². The topological polar surface area (TPSA) is 144 Å². The lowest BCUT2D eigenvalue weighted by atomic mass is 10.2. The van der Waals surface area contributed by atoms with Crippen LogP contribution in [0.3, 0.4) is 0 Å². The molecule has 0 radical (unpaired) electrons. The van der Waals surface area contributed by atoms with Crippen LogP contribution in [0.5, 0.6) is 5.75 Å². The molecule has 1 aromatic carbocycles. The molecule has 98 valence electrons. The largest absolute Gasteiger partial charge is 0.502 e. The van der Waals surface area contributed by atoms with Gasteiger partial charge in [0.05, 0.1) is 11.1 Å². The van der Waals surface area contributed by atoms with Gasteiger partial charge in [-0.05, 0) is 6.07 Å². The van der Waals surface area contributed by atoms with E-state index >= 15 is 0 Å². The predicted octanol–water partition coefficient (Wildman–Crippen LogP) is 0.0517. The first kappa shape index (κ1) is 12.3. The van der Waals surface area contributed by atoms with Crippen LogP contribution in [0.4, 0.5) is 11.6 Å². The molecule has 0 saturated carbocycles. The van der Waals surface area contributed by atoms with Crippen LogP contribution in [0, 0.1) is 10.1 Å². The van der Waals surface area contributed by atoms with E-state index in [1.807, 2.05) is 0 Å². The highest BCUT2D eigenvalue weighted by Crippen LogP contribution is 2.27. The number of hydrazone groups is 1. The summed E-state index contributed by atoms with van der Waals surface area (Å²) < 4.78 is 1.10. The molecule has 0 aliphatic heterocycles. The second-order valence-electron chi connectivity index (χ2n) is 3.40. The van der Waals surface area contributed by atoms with E-state index in [1.165, 1.54) is 30.7 Å². The summed E-state index contributed by atoms with van der Waals surface area (Å²) >= 11 is 0. The van der Waals surface area contributed by atoms with Gasteiger partial charge in [0.2, 0.25) is 5.75 Å². The average Bonchev–Trinajstić information content (AvgIpc) is 2.77. The maximum absolute atomic E-state index is 10.6. The minimum Gasteiger partial charge on any atom is -0.502 e. The van der Waals surface area contributed by atoms with Crippen LogP contribution >= 0.6 is 0 Å². The van der Waals surface area contributed by atoms with Gasteiger partial charge in [-0.2, -0.15) is 5.10 Å². The number of phenols is 1. The SMILES string of the molecule is Nn1cnnc1N/N=C\c1cccc([N+](=O)[O-])c1O. The van der Waals surface area contributed by atoms with Crippen molar-refractivity contribution in [3.05, 3.63) is 40.2 Å². The van der Waals surface area contributed by atoms with E-state index in [0.29, 0.717) is 0 Å². The number of nitrogens with one attached hydrogen (secondary N) is 1. The fourth-order valence-corrected chi connectivity index (χ4v) is 1.28. The molecule has 10 nitrogen and oxygen atoms in total. The summed E-state index contributed by atoms with van der Waals surface area (Å²) in [6.07, 6.45) is 2.47. The van der Waals surface area contributed by atoms with Crippen LogP contribution in [0.15, 0.2) is 29.6 Å². The monoisotopic (exact) mass is 263 g/mol. The zero-order valence-corrected chi connectivity index (χ0v) is 9.46. The Kier molecular flexibility index (Phi) is 3.23. The molecule has 1 aromatic heterocycles. The third-order valence-corrected chi connectivity index (χ3v) is 2.18. The molecule has 0 aliphatic carbocycles. The second-order valence-corrected chi connectivity index (χ2v) is 3.40. The van der Waals surface area contributed by atoms with Crippen molar-refractivity contribution in [1.29, 1.82) is 0 Å². The Hall–Kier alpha value is -3.17. The van der Waals surface area contributed by atoms with E-state index in [4.69, 9.17) is 5.84 Å². The molecule has 0 amide bonds. The first-order chi connectivity index (χ1) is 9.09. The average molecular weight is 263 g/mol. The summed E-state index contributed by atoms with van der Waals surface area (Å²) in [5.74, 6) is 5.15. The lowest BCUT2D eigenvalue weighted by molar-refractivity contribution is -0.385. The first-order valence-corrected chi connectivity index (χ1v) is 5.00. The zero-order chi connectivity index (χ0) is 13.8. The molecule has 0 aliphatic rings. The Bertz CT molecular complexity index is 636. The highest BCUT2D eigenvalue weighted by atomic mass is 16.6. The molecule has 0 spiro atoms. The lowest BCUT2D eigenvalue weighted by Crippen LogP contribution is -2.10. The minimum absolute atomic E-state index is 0.182. The van der Waals surface area contributed by atoms with Gasteiger partial charge in [-0.1, -0.05) is 6.07 Å². The standard InChI is InChI=1S/C9H9N7O3/c10-15-5-12-14-9(15)13-11-4-6-2-1-3-7(8(6)17)16(18)19/h1-5,17H,10H2,(H,13,14)/b11-4-.